The van der Waals surface area contributed by atoms with Crippen molar-refractivity contribution in [2.45, 2.75) is 13.5 Å². The molecule has 0 saturated heterocycles. The molecular weight excluding hydrogens is 264 g/mol. The van der Waals surface area contributed by atoms with Crippen molar-refractivity contribution in [1.82, 2.24) is 20.5 Å². The number of hydrogen-bond donors (Lipinski definition) is 3. The fourth-order valence-corrected chi connectivity index (χ4v) is 2.27. The van der Waals surface area contributed by atoms with E-state index in [0.717, 1.165) is 6.54 Å². The number of carbonyl (C=O) groups excluding carboxylic acids is 1. The second-order valence-electron chi connectivity index (χ2n) is 3.66. The summed E-state index contributed by atoms with van der Waals surface area (Å²) < 4.78 is 0. The van der Waals surface area contributed by atoms with Gasteiger partial charge in [0.15, 0.2) is 5.13 Å². The van der Waals surface area contributed by atoms with E-state index < -0.39 is 0 Å². The van der Waals surface area contributed by atoms with Crippen molar-refractivity contribution in [1.29, 1.82) is 0 Å². The topological polar surface area (TPSA) is 106 Å². The van der Waals surface area contributed by atoms with E-state index in [-0.39, 0.29) is 11.7 Å². The lowest BCUT2D eigenvalue weighted by molar-refractivity contribution is 0.0955. The van der Waals surface area contributed by atoms with E-state index in [2.05, 4.69) is 25.8 Å². The van der Waals surface area contributed by atoms with Gasteiger partial charge in [-0.1, -0.05) is 11.3 Å². The highest BCUT2D eigenvalue weighted by Crippen LogP contribution is 2.24. The Morgan fingerprint density at radius 2 is 2.37 bits per heavy atom. The van der Waals surface area contributed by atoms with Gasteiger partial charge in [0.25, 0.3) is 5.91 Å². The standard InChI is InChI=1S/C11H14N6OS/c1-2-13-11-16-9(12)8(19-11)10(18)14-6-7-4-3-5-15-17-7/h3-5H,2,6,12H2,1H3,(H,13,16)(H,14,18). The second kappa shape index (κ2) is 6.10. The molecule has 0 aromatic carbocycles. The van der Waals surface area contributed by atoms with Crippen LogP contribution in [0.1, 0.15) is 22.3 Å². The number of hydrogen-bond acceptors (Lipinski definition) is 7. The predicted octanol–water partition coefficient (Wildman–Crippen LogP) is 0.877. The van der Waals surface area contributed by atoms with Crippen LogP contribution in [0.3, 0.4) is 0 Å². The summed E-state index contributed by atoms with van der Waals surface area (Å²) in [5, 5.41) is 14.0. The van der Waals surface area contributed by atoms with E-state index in [4.69, 9.17) is 5.73 Å². The van der Waals surface area contributed by atoms with Gasteiger partial charge in [-0.2, -0.15) is 10.2 Å². The van der Waals surface area contributed by atoms with Crippen molar-refractivity contribution in [3.05, 3.63) is 28.9 Å². The molecule has 7 nitrogen and oxygen atoms in total. The first kappa shape index (κ1) is 13.2. The summed E-state index contributed by atoms with van der Waals surface area (Å²) in [4.78, 5) is 16.4. The van der Waals surface area contributed by atoms with Gasteiger partial charge >= 0.3 is 0 Å². The smallest absolute Gasteiger partial charge is 0.265 e. The number of carbonyl (C=O) groups is 1. The van der Waals surface area contributed by atoms with Crippen LogP contribution in [0.5, 0.6) is 0 Å². The van der Waals surface area contributed by atoms with Crippen molar-refractivity contribution in [3.8, 4) is 0 Å². The van der Waals surface area contributed by atoms with Gasteiger partial charge in [0.2, 0.25) is 0 Å². The molecule has 1 amide bonds. The molecule has 0 fully saturated rings. The zero-order valence-corrected chi connectivity index (χ0v) is 11.2. The van der Waals surface area contributed by atoms with Crippen LogP contribution in [0, 0.1) is 0 Å². The SMILES string of the molecule is CCNc1nc(N)c(C(=O)NCc2cccnn2)s1. The molecule has 100 valence electrons. The summed E-state index contributed by atoms with van der Waals surface area (Å²) >= 11 is 1.23. The fraction of sp³-hybridized carbons (Fsp3) is 0.273. The molecule has 2 rings (SSSR count). The van der Waals surface area contributed by atoms with Crippen molar-refractivity contribution in [3.63, 3.8) is 0 Å². The van der Waals surface area contributed by atoms with Crippen LogP contribution in [0.25, 0.3) is 0 Å². The first-order valence-electron chi connectivity index (χ1n) is 5.75. The van der Waals surface area contributed by atoms with Crippen molar-refractivity contribution in [2.75, 3.05) is 17.6 Å². The van der Waals surface area contributed by atoms with Gasteiger partial charge in [-0.25, -0.2) is 4.98 Å². The van der Waals surface area contributed by atoms with Gasteiger partial charge in [0, 0.05) is 12.7 Å². The molecule has 0 saturated carbocycles. The molecule has 19 heavy (non-hydrogen) atoms. The highest BCUT2D eigenvalue weighted by molar-refractivity contribution is 7.18. The zero-order chi connectivity index (χ0) is 13.7. The van der Waals surface area contributed by atoms with Crippen LogP contribution in [0.15, 0.2) is 18.3 Å². The van der Waals surface area contributed by atoms with Crippen molar-refractivity contribution in [2.24, 2.45) is 0 Å². The van der Waals surface area contributed by atoms with Gasteiger partial charge in [-0.3, -0.25) is 4.79 Å². The maximum Gasteiger partial charge on any atom is 0.265 e. The highest BCUT2D eigenvalue weighted by atomic mass is 32.1. The Hall–Kier alpha value is -2.22. The fourth-order valence-electron chi connectivity index (χ4n) is 1.40. The summed E-state index contributed by atoms with van der Waals surface area (Å²) in [7, 11) is 0. The minimum absolute atomic E-state index is 0.234. The normalized spacial score (nSPS) is 10.2. The van der Waals surface area contributed by atoms with E-state index in [0.29, 0.717) is 22.2 Å². The van der Waals surface area contributed by atoms with Crippen LogP contribution >= 0.6 is 11.3 Å². The van der Waals surface area contributed by atoms with Gasteiger partial charge in [0.1, 0.15) is 10.7 Å². The maximum atomic E-state index is 12.0. The molecule has 2 aromatic rings. The van der Waals surface area contributed by atoms with Crippen molar-refractivity contribution < 1.29 is 4.79 Å². The average molecular weight is 278 g/mol. The number of nitrogen functional groups attached to an aromatic ring is 1. The Balaban J connectivity index is 2.00. The van der Waals surface area contributed by atoms with Crippen molar-refractivity contribution >= 4 is 28.2 Å². The number of amides is 1. The van der Waals surface area contributed by atoms with E-state index in [1.807, 2.05) is 6.92 Å². The van der Waals surface area contributed by atoms with Gasteiger partial charge < -0.3 is 16.4 Å². The maximum absolute atomic E-state index is 12.0. The molecule has 0 aliphatic carbocycles. The number of thiazole rings is 1. The quantitative estimate of drug-likeness (QED) is 0.749. The van der Waals surface area contributed by atoms with E-state index in [1.165, 1.54) is 11.3 Å². The summed E-state index contributed by atoms with van der Waals surface area (Å²) in [6.45, 7) is 2.99. The number of nitrogens with two attached hydrogens (primary N) is 1. The Bertz CT molecular complexity index is 556. The Labute approximate surface area is 114 Å². The molecule has 0 bridgehead atoms. The summed E-state index contributed by atoms with van der Waals surface area (Å²) in [6.07, 6.45) is 1.58. The van der Waals surface area contributed by atoms with Crippen LogP contribution in [-0.4, -0.2) is 27.6 Å². The molecule has 8 heteroatoms. The number of aromatic nitrogens is 3. The van der Waals surface area contributed by atoms with Crippen LogP contribution in [0.2, 0.25) is 0 Å². The molecule has 0 unspecified atom stereocenters. The Morgan fingerprint density at radius 1 is 1.53 bits per heavy atom. The van der Waals surface area contributed by atoms with E-state index in [9.17, 15) is 4.79 Å². The lowest BCUT2D eigenvalue weighted by Crippen LogP contribution is -2.23. The van der Waals surface area contributed by atoms with Crippen LogP contribution in [-0.2, 0) is 6.54 Å². The minimum Gasteiger partial charge on any atom is -0.382 e. The monoisotopic (exact) mass is 278 g/mol. The first-order valence-corrected chi connectivity index (χ1v) is 6.57. The lowest BCUT2D eigenvalue weighted by Gasteiger charge is -2.02. The average Bonchev–Trinajstić information content (AvgIpc) is 2.79. The molecule has 2 aromatic heterocycles. The van der Waals surface area contributed by atoms with Gasteiger partial charge in [0.05, 0.1) is 12.2 Å². The number of anilines is 2. The van der Waals surface area contributed by atoms with Gasteiger partial charge in [-0.15, -0.1) is 0 Å². The molecule has 4 N–H and O–H groups in total. The van der Waals surface area contributed by atoms with Gasteiger partial charge in [-0.05, 0) is 19.1 Å². The first-order chi connectivity index (χ1) is 9.20. The largest absolute Gasteiger partial charge is 0.382 e. The van der Waals surface area contributed by atoms with Crippen LogP contribution < -0.4 is 16.4 Å². The highest BCUT2D eigenvalue weighted by Gasteiger charge is 2.15. The molecular formula is C11H14N6OS. The summed E-state index contributed by atoms with van der Waals surface area (Å²) in [6, 6.07) is 3.55. The van der Waals surface area contributed by atoms with Crippen LogP contribution in [0.4, 0.5) is 10.9 Å². The third kappa shape index (κ3) is 3.38. The van der Waals surface area contributed by atoms with E-state index >= 15 is 0 Å². The summed E-state index contributed by atoms with van der Waals surface area (Å²) in [5.41, 5.74) is 6.40. The number of nitrogens with one attached hydrogen (secondary N) is 2. The third-order valence-corrected chi connectivity index (χ3v) is 3.27. The molecule has 0 atom stereocenters. The lowest BCUT2D eigenvalue weighted by atomic mass is 10.4. The minimum atomic E-state index is -0.259. The molecule has 2 heterocycles. The Kier molecular flexibility index (Phi) is 4.24. The molecule has 0 radical (unpaired) electrons. The summed E-state index contributed by atoms with van der Waals surface area (Å²) in [5.74, 6) is -0.0256. The molecule has 0 aliphatic rings. The second-order valence-corrected chi connectivity index (χ2v) is 4.66. The number of rotatable bonds is 5. The predicted molar refractivity (Wildman–Crippen MR) is 73.9 cm³/mol. The Morgan fingerprint density at radius 3 is 3.05 bits per heavy atom. The third-order valence-electron chi connectivity index (χ3n) is 2.25. The molecule has 0 spiro atoms. The zero-order valence-electron chi connectivity index (χ0n) is 10.4. The van der Waals surface area contributed by atoms with E-state index in [1.54, 1.807) is 18.3 Å². The number of nitrogens with zero attached hydrogens (tertiary/aromatic N) is 3. The molecule has 0 aliphatic heterocycles.